The average Bonchev–Trinajstić information content (AvgIpc) is 2.71. The van der Waals surface area contributed by atoms with Crippen LogP contribution in [0.1, 0.15) is 4.88 Å². The molecule has 2 rings (SSSR count). The molecule has 0 amide bonds. The maximum Gasteiger partial charge on any atom is 0.159 e. The van der Waals surface area contributed by atoms with Gasteiger partial charge < -0.3 is 5.11 Å². The lowest BCUT2D eigenvalue weighted by atomic mass is 10.2. The lowest BCUT2D eigenvalue weighted by Crippen LogP contribution is -1.84. The molecular formula is C11H9F2NOS. The van der Waals surface area contributed by atoms with E-state index < -0.39 is 11.6 Å². The second-order valence-electron chi connectivity index (χ2n) is 3.23. The van der Waals surface area contributed by atoms with E-state index in [1.165, 1.54) is 17.4 Å². The Morgan fingerprint density at radius 3 is 2.75 bits per heavy atom. The van der Waals surface area contributed by atoms with Gasteiger partial charge in [-0.15, -0.1) is 11.3 Å². The Labute approximate surface area is 95.2 Å². The summed E-state index contributed by atoms with van der Waals surface area (Å²) in [7, 11) is 0. The van der Waals surface area contributed by atoms with Crippen LogP contribution in [0.3, 0.4) is 0 Å². The molecule has 0 saturated heterocycles. The minimum absolute atomic E-state index is 0.0550. The first-order valence-electron chi connectivity index (χ1n) is 4.71. The molecule has 1 aromatic carbocycles. The minimum Gasteiger partial charge on any atom is -0.396 e. The third kappa shape index (κ3) is 2.25. The van der Waals surface area contributed by atoms with Crippen molar-refractivity contribution >= 4 is 11.3 Å². The van der Waals surface area contributed by atoms with Crippen molar-refractivity contribution in [3.63, 3.8) is 0 Å². The first kappa shape index (κ1) is 11.2. The van der Waals surface area contributed by atoms with E-state index in [4.69, 9.17) is 5.11 Å². The summed E-state index contributed by atoms with van der Waals surface area (Å²) in [4.78, 5) is 5.01. The molecule has 0 aliphatic carbocycles. The van der Waals surface area contributed by atoms with Crippen LogP contribution in [0, 0.1) is 11.6 Å². The SMILES string of the molecule is OCCc1cnc(-c2ccc(F)c(F)c2)s1. The van der Waals surface area contributed by atoms with E-state index in [9.17, 15) is 8.78 Å². The third-order valence-corrected chi connectivity index (χ3v) is 3.18. The smallest absolute Gasteiger partial charge is 0.159 e. The van der Waals surface area contributed by atoms with Crippen LogP contribution < -0.4 is 0 Å². The molecule has 1 heterocycles. The van der Waals surface area contributed by atoms with Crippen LogP contribution in [0.15, 0.2) is 24.4 Å². The number of halogens is 2. The summed E-state index contributed by atoms with van der Waals surface area (Å²) in [5, 5.41) is 9.38. The molecule has 1 aromatic heterocycles. The van der Waals surface area contributed by atoms with E-state index in [-0.39, 0.29) is 6.61 Å². The predicted molar refractivity (Wildman–Crippen MR) is 58.3 cm³/mol. The van der Waals surface area contributed by atoms with Crippen LogP contribution >= 0.6 is 11.3 Å². The third-order valence-electron chi connectivity index (χ3n) is 2.08. The molecule has 0 radical (unpaired) electrons. The van der Waals surface area contributed by atoms with E-state index >= 15 is 0 Å². The molecule has 0 atom stereocenters. The zero-order valence-corrected chi connectivity index (χ0v) is 9.10. The van der Waals surface area contributed by atoms with Crippen LogP contribution in [-0.4, -0.2) is 16.7 Å². The maximum atomic E-state index is 13.0. The Morgan fingerprint density at radius 1 is 1.25 bits per heavy atom. The molecule has 0 bridgehead atoms. The first-order chi connectivity index (χ1) is 7.70. The zero-order valence-electron chi connectivity index (χ0n) is 8.28. The normalized spacial score (nSPS) is 10.7. The molecule has 0 unspecified atom stereocenters. The van der Waals surface area contributed by atoms with Crippen molar-refractivity contribution in [1.82, 2.24) is 4.98 Å². The van der Waals surface area contributed by atoms with Gasteiger partial charge in [0.1, 0.15) is 5.01 Å². The molecule has 2 nitrogen and oxygen atoms in total. The van der Waals surface area contributed by atoms with Gasteiger partial charge in [-0.25, -0.2) is 13.8 Å². The largest absolute Gasteiger partial charge is 0.396 e. The summed E-state index contributed by atoms with van der Waals surface area (Å²) in [6.07, 6.45) is 2.17. The fourth-order valence-electron chi connectivity index (χ4n) is 1.30. The zero-order chi connectivity index (χ0) is 11.5. The lowest BCUT2D eigenvalue weighted by Gasteiger charge is -1.97. The van der Waals surface area contributed by atoms with E-state index in [0.717, 1.165) is 17.0 Å². The second-order valence-corrected chi connectivity index (χ2v) is 4.35. The molecule has 5 heteroatoms. The Kier molecular flexibility index (Phi) is 3.26. The summed E-state index contributed by atoms with van der Waals surface area (Å²) in [6, 6.07) is 3.69. The fourth-order valence-corrected chi connectivity index (χ4v) is 2.19. The van der Waals surface area contributed by atoms with E-state index in [1.807, 2.05) is 0 Å². The highest BCUT2D eigenvalue weighted by molar-refractivity contribution is 7.15. The van der Waals surface area contributed by atoms with Crippen LogP contribution in [0.25, 0.3) is 10.6 Å². The van der Waals surface area contributed by atoms with Gasteiger partial charge in [0.15, 0.2) is 11.6 Å². The van der Waals surface area contributed by atoms with Gasteiger partial charge in [0.2, 0.25) is 0 Å². The van der Waals surface area contributed by atoms with Gasteiger partial charge in [-0.2, -0.15) is 0 Å². The van der Waals surface area contributed by atoms with Crippen LogP contribution in [0.2, 0.25) is 0 Å². The minimum atomic E-state index is -0.878. The molecule has 16 heavy (non-hydrogen) atoms. The summed E-state index contributed by atoms with van der Waals surface area (Å²) in [5.41, 5.74) is 0.549. The van der Waals surface area contributed by atoms with Gasteiger partial charge in [0, 0.05) is 29.7 Å². The molecule has 0 fully saturated rings. The molecular weight excluding hydrogens is 232 g/mol. The molecule has 0 spiro atoms. The quantitative estimate of drug-likeness (QED) is 0.896. The molecule has 0 aliphatic rings. The van der Waals surface area contributed by atoms with Crippen LogP contribution in [0.4, 0.5) is 8.78 Å². The highest BCUT2D eigenvalue weighted by atomic mass is 32.1. The van der Waals surface area contributed by atoms with Gasteiger partial charge in [-0.3, -0.25) is 0 Å². The van der Waals surface area contributed by atoms with Crippen molar-refractivity contribution in [2.24, 2.45) is 0 Å². The highest BCUT2D eigenvalue weighted by Gasteiger charge is 2.08. The van der Waals surface area contributed by atoms with Gasteiger partial charge in [0.25, 0.3) is 0 Å². The average molecular weight is 241 g/mol. The number of thiazole rings is 1. The summed E-state index contributed by atoms with van der Waals surface area (Å²) in [5.74, 6) is -1.74. The highest BCUT2D eigenvalue weighted by Crippen LogP contribution is 2.26. The Balaban J connectivity index is 2.31. The van der Waals surface area contributed by atoms with Gasteiger partial charge in [-0.1, -0.05) is 0 Å². The van der Waals surface area contributed by atoms with Crippen molar-refractivity contribution in [3.05, 3.63) is 40.9 Å². The number of rotatable bonds is 3. The van der Waals surface area contributed by atoms with Gasteiger partial charge in [0.05, 0.1) is 0 Å². The molecule has 84 valence electrons. The molecule has 2 aromatic rings. The fraction of sp³-hybridized carbons (Fsp3) is 0.182. The topological polar surface area (TPSA) is 33.1 Å². The number of aliphatic hydroxyl groups excluding tert-OH is 1. The number of aromatic nitrogens is 1. The maximum absolute atomic E-state index is 13.0. The predicted octanol–water partition coefficient (Wildman–Crippen LogP) is 2.62. The Bertz CT molecular complexity index is 498. The number of hydrogen-bond acceptors (Lipinski definition) is 3. The van der Waals surface area contributed by atoms with Crippen LogP contribution in [-0.2, 0) is 6.42 Å². The summed E-state index contributed by atoms with van der Waals surface area (Å²) in [6.45, 7) is 0.0550. The molecule has 0 aliphatic heterocycles. The van der Waals surface area contributed by atoms with Crippen molar-refractivity contribution < 1.29 is 13.9 Å². The number of aliphatic hydroxyl groups is 1. The summed E-state index contributed by atoms with van der Waals surface area (Å²) < 4.78 is 25.7. The van der Waals surface area contributed by atoms with E-state index in [0.29, 0.717) is 17.0 Å². The van der Waals surface area contributed by atoms with Crippen molar-refractivity contribution in [1.29, 1.82) is 0 Å². The van der Waals surface area contributed by atoms with Crippen molar-refractivity contribution in [2.45, 2.75) is 6.42 Å². The van der Waals surface area contributed by atoms with Crippen LogP contribution in [0.5, 0.6) is 0 Å². The standard InChI is InChI=1S/C11H9F2NOS/c12-9-2-1-7(5-10(9)13)11-14-6-8(16-11)3-4-15/h1-2,5-6,15H,3-4H2. The monoisotopic (exact) mass is 241 g/mol. The first-order valence-corrected chi connectivity index (χ1v) is 5.53. The van der Waals surface area contributed by atoms with E-state index in [1.54, 1.807) is 6.20 Å². The number of nitrogens with zero attached hydrogens (tertiary/aromatic N) is 1. The molecule has 1 N–H and O–H groups in total. The number of benzene rings is 1. The second kappa shape index (κ2) is 4.67. The molecule has 0 saturated carbocycles. The van der Waals surface area contributed by atoms with Gasteiger partial charge in [-0.05, 0) is 18.2 Å². The van der Waals surface area contributed by atoms with Gasteiger partial charge >= 0.3 is 0 Å². The van der Waals surface area contributed by atoms with Crippen molar-refractivity contribution in [3.8, 4) is 10.6 Å². The Morgan fingerprint density at radius 2 is 2.06 bits per heavy atom. The van der Waals surface area contributed by atoms with Crippen molar-refractivity contribution in [2.75, 3.05) is 6.61 Å². The number of hydrogen-bond donors (Lipinski definition) is 1. The van der Waals surface area contributed by atoms with E-state index in [2.05, 4.69) is 4.98 Å². The summed E-state index contributed by atoms with van der Waals surface area (Å²) >= 11 is 1.36. The Hall–Kier alpha value is -1.33. The lowest BCUT2D eigenvalue weighted by molar-refractivity contribution is 0.300.